The van der Waals surface area contributed by atoms with Gasteiger partial charge in [0.05, 0.1) is 5.69 Å². The van der Waals surface area contributed by atoms with Crippen LogP contribution in [0.5, 0.6) is 0 Å². The van der Waals surface area contributed by atoms with Gasteiger partial charge in [0.2, 0.25) is 0 Å². The summed E-state index contributed by atoms with van der Waals surface area (Å²) in [5.41, 5.74) is 6.24. The van der Waals surface area contributed by atoms with Crippen molar-refractivity contribution in [3.63, 3.8) is 0 Å². The molecule has 0 saturated heterocycles. The zero-order chi connectivity index (χ0) is 12.7. The van der Waals surface area contributed by atoms with Crippen molar-refractivity contribution in [2.45, 2.75) is 20.3 Å². The highest BCUT2D eigenvalue weighted by molar-refractivity contribution is 7.12. The molecule has 17 heavy (non-hydrogen) atoms. The molecule has 0 saturated carbocycles. The van der Waals surface area contributed by atoms with Crippen molar-refractivity contribution in [3.05, 3.63) is 16.3 Å². The Morgan fingerprint density at radius 1 is 1.47 bits per heavy atom. The minimum atomic E-state index is -0.0583. The van der Waals surface area contributed by atoms with Gasteiger partial charge in [-0.3, -0.25) is 4.79 Å². The zero-order valence-electron chi connectivity index (χ0n) is 10.5. The number of carbonyl (C=O) groups is 1. The molecule has 0 bridgehead atoms. The second-order valence-corrected chi connectivity index (χ2v) is 4.76. The molecule has 0 aliphatic carbocycles. The van der Waals surface area contributed by atoms with Crippen LogP contribution in [0.25, 0.3) is 0 Å². The molecule has 0 spiro atoms. The minimum absolute atomic E-state index is 0.0583. The number of carbonyl (C=O) groups excluding carboxylic acids is 1. The molecule has 1 aromatic heterocycles. The van der Waals surface area contributed by atoms with Crippen LogP contribution in [-0.4, -0.2) is 37.0 Å². The number of rotatable bonds is 7. The van der Waals surface area contributed by atoms with E-state index in [4.69, 9.17) is 5.73 Å². The first-order valence-corrected chi connectivity index (χ1v) is 6.90. The standard InChI is InChI=1S/C12H21N3OS/c1-3-15(4-2)8-5-7-14-12(16)11-10(13)6-9-17-11/h6,9H,3-5,7-8,13H2,1-2H3,(H,14,16). The third-order valence-electron chi connectivity index (χ3n) is 2.73. The SMILES string of the molecule is CCN(CC)CCCNC(=O)c1sccc1N. The average Bonchev–Trinajstić information content (AvgIpc) is 2.75. The first-order valence-electron chi connectivity index (χ1n) is 6.02. The molecular formula is C12H21N3OS. The van der Waals surface area contributed by atoms with Gasteiger partial charge in [-0.15, -0.1) is 11.3 Å². The lowest BCUT2D eigenvalue weighted by molar-refractivity contribution is 0.0956. The van der Waals surface area contributed by atoms with Gasteiger partial charge in [-0.1, -0.05) is 13.8 Å². The number of nitrogens with one attached hydrogen (secondary N) is 1. The topological polar surface area (TPSA) is 58.4 Å². The molecule has 0 aliphatic rings. The van der Waals surface area contributed by atoms with Crippen molar-refractivity contribution >= 4 is 22.9 Å². The average molecular weight is 255 g/mol. The van der Waals surface area contributed by atoms with Crippen molar-refractivity contribution in [2.75, 3.05) is 31.9 Å². The van der Waals surface area contributed by atoms with E-state index in [1.807, 2.05) is 5.38 Å². The molecule has 0 aromatic carbocycles. The summed E-state index contributed by atoms with van der Waals surface area (Å²) in [7, 11) is 0. The maximum Gasteiger partial charge on any atom is 0.263 e. The fraction of sp³-hybridized carbons (Fsp3) is 0.583. The molecule has 1 rings (SSSR count). The van der Waals surface area contributed by atoms with Crippen LogP contribution in [0.15, 0.2) is 11.4 Å². The number of nitrogen functional groups attached to an aromatic ring is 1. The van der Waals surface area contributed by atoms with E-state index in [0.717, 1.165) is 26.1 Å². The Hall–Kier alpha value is -1.07. The van der Waals surface area contributed by atoms with E-state index in [1.165, 1.54) is 11.3 Å². The molecule has 0 fully saturated rings. The number of anilines is 1. The number of hydrogen-bond acceptors (Lipinski definition) is 4. The number of thiophene rings is 1. The van der Waals surface area contributed by atoms with E-state index < -0.39 is 0 Å². The molecule has 3 N–H and O–H groups in total. The van der Waals surface area contributed by atoms with Gasteiger partial charge in [0.1, 0.15) is 4.88 Å². The molecule has 1 aromatic rings. The lowest BCUT2D eigenvalue weighted by Crippen LogP contribution is -2.29. The summed E-state index contributed by atoms with van der Waals surface area (Å²) in [6.45, 7) is 8.13. The van der Waals surface area contributed by atoms with Crippen LogP contribution in [0.2, 0.25) is 0 Å². The molecule has 0 atom stereocenters. The molecule has 4 nitrogen and oxygen atoms in total. The zero-order valence-corrected chi connectivity index (χ0v) is 11.3. The van der Waals surface area contributed by atoms with Crippen molar-refractivity contribution in [1.29, 1.82) is 0 Å². The Morgan fingerprint density at radius 3 is 2.71 bits per heavy atom. The maximum atomic E-state index is 11.7. The molecule has 1 amide bonds. The van der Waals surface area contributed by atoms with Gasteiger partial charge >= 0.3 is 0 Å². The fourth-order valence-electron chi connectivity index (χ4n) is 1.63. The van der Waals surface area contributed by atoms with E-state index in [9.17, 15) is 4.79 Å². The van der Waals surface area contributed by atoms with Gasteiger partial charge in [-0.25, -0.2) is 0 Å². The van der Waals surface area contributed by atoms with E-state index in [2.05, 4.69) is 24.1 Å². The van der Waals surface area contributed by atoms with Gasteiger partial charge in [-0.05, 0) is 37.5 Å². The molecule has 1 heterocycles. The van der Waals surface area contributed by atoms with Crippen LogP contribution in [0.4, 0.5) is 5.69 Å². The van der Waals surface area contributed by atoms with Crippen LogP contribution >= 0.6 is 11.3 Å². The van der Waals surface area contributed by atoms with Crippen LogP contribution < -0.4 is 11.1 Å². The molecule has 5 heteroatoms. The summed E-state index contributed by atoms with van der Waals surface area (Å²) in [6.07, 6.45) is 0.971. The van der Waals surface area contributed by atoms with Gasteiger partial charge in [-0.2, -0.15) is 0 Å². The van der Waals surface area contributed by atoms with Crippen molar-refractivity contribution in [3.8, 4) is 0 Å². The first-order chi connectivity index (χ1) is 8.19. The van der Waals surface area contributed by atoms with Crippen molar-refractivity contribution in [2.24, 2.45) is 0 Å². The number of amides is 1. The lowest BCUT2D eigenvalue weighted by atomic mass is 10.3. The Labute approximate surface area is 107 Å². The summed E-state index contributed by atoms with van der Waals surface area (Å²) in [5, 5.41) is 4.73. The molecular weight excluding hydrogens is 234 g/mol. The first kappa shape index (κ1) is 14.0. The van der Waals surface area contributed by atoms with Crippen LogP contribution in [0.3, 0.4) is 0 Å². The monoisotopic (exact) mass is 255 g/mol. The van der Waals surface area contributed by atoms with Gasteiger partial charge < -0.3 is 16.0 Å². The second kappa shape index (κ2) is 7.29. The quantitative estimate of drug-likeness (QED) is 0.730. The van der Waals surface area contributed by atoms with Crippen LogP contribution in [0.1, 0.15) is 29.9 Å². The fourth-order valence-corrected chi connectivity index (χ4v) is 2.36. The summed E-state index contributed by atoms with van der Waals surface area (Å²) in [5.74, 6) is -0.0583. The predicted octanol–water partition coefficient (Wildman–Crippen LogP) is 1.79. The highest BCUT2D eigenvalue weighted by Gasteiger charge is 2.10. The Morgan fingerprint density at radius 2 is 2.18 bits per heavy atom. The third kappa shape index (κ3) is 4.36. The Kier molecular flexibility index (Phi) is 6.00. The van der Waals surface area contributed by atoms with Crippen molar-refractivity contribution < 1.29 is 4.79 Å². The predicted molar refractivity (Wildman–Crippen MR) is 73.5 cm³/mol. The summed E-state index contributed by atoms with van der Waals surface area (Å²) >= 11 is 1.38. The third-order valence-corrected chi connectivity index (χ3v) is 3.66. The van der Waals surface area contributed by atoms with Crippen LogP contribution in [-0.2, 0) is 0 Å². The molecule has 0 radical (unpaired) electrons. The largest absolute Gasteiger partial charge is 0.397 e. The summed E-state index contributed by atoms with van der Waals surface area (Å²) in [4.78, 5) is 14.7. The second-order valence-electron chi connectivity index (χ2n) is 3.84. The Bertz CT molecular complexity index is 347. The highest BCUT2D eigenvalue weighted by Crippen LogP contribution is 2.18. The molecule has 0 aliphatic heterocycles. The van der Waals surface area contributed by atoms with Gasteiger partial charge in [0, 0.05) is 6.54 Å². The van der Waals surface area contributed by atoms with E-state index in [0.29, 0.717) is 17.1 Å². The Balaban J connectivity index is 2.23. The maximum absolute atomic E-state index is 11.7. The number of hydrogen-bond donors (Lipinski definition) is 2. The van der Waals surface area contributed by atoms with Crippen LogP contribution in [0, 0.1) is 0 Å². The smallest absolute Gasteiger partial charge is 0.263 e. The van der Waals surface area contributed by atoms with Gasteiger partial charge in [0.25, 0.3) is 5.91 Å². The minimum Gasteiger partial charge on any atom is -0.397 e. The van der Waals surface area contributed by atoms with E-state index in [1.54, 1.807) is 6.07 Å². The van der Waals surface area contributed by atoms with E-state index in [-0.39, 0.29) is 5.91 Å². The van der Waals surface area contributed by atoms with Crippen molar-refractivity contribution in [1.82, 2.24) is 10.2 Å². The van der Waals surface area contributed by atoms with E-state index >= 15 is 0 Å². The number of nitrogens with two attached hydrogens (primary N) is 1. The summed E-state index contributed by atoms with van der Waals surface area (Å²) in [6, 6.07) is 1.76. The number of nitrogens with zero attached hydrogens (tertiary/aromatic N) is 1. The van der Waals surface area contributed by atoms with Gasteiger partial charge in [0.15, 0.2) is 0 Å². The molecule has 0 unspecified atom stereocenters. The molecule has 96 valence electrons. The highest BCUT2D eigenvalue weighted by atomic mass is 32.1. The lowest BCUT2D eigenvalue weighted by Gasteiger charge is -2.17. The summed E-state index contributed by atoms with van der Waals surface area (Å²) < 4.78 is 0. The normalized spacial score (nSPS) is 10.8.